The summed E-state index contributed by atoms with van der Waals surface area (Å²) >= 11 is 0. The third-order valence-electron chi connectivity index (χ3n) is 1.36. The second-order valence-electron chi connectivity index (χ2n) is 2.87. The number of hydroxylamine groups is 2. The maximum atomic E-state index is 11.4. The van der Waals surface area contributed by atoms with Gasteiger partial charge in [0.2, 0.25) is 0 Å². The number of allylic oxidation sites excluding steroid dienone is 1. The van der Waals surface area contributed by atoms with E-state index in [0.29, 0.717) is 13.2 Å². The first-order valence-corrected chi connectivity index (χ1v) is 5.23. The van der Waals surface area contributed by atoms with E-state index in [1.165, 1.54) is 6.20 Å². The van der Waals surface area contributed by atoms with Crippen LogP contribution in [0.25, 0.3) is 0 Å². The zero-order valence-electron chi connectivity index (χ0n) is 9.66. The van der Waals surface area contributed by atoms with Crippen LogP contribution in [0.4, 0.5) is 4.79 Å². The molecule has 0 unspecified atom stereocenters. The molecular formula is C10H20N2O3. The maximum Gasteiger partial charge on any atom is 0.370 e. The third-order valence-corrected chi connectivity index (χ3v) is 1.36. The predicted molar refractivity (Wildman–Crippen MR) is 57.7 cm³/mol. The second kappa shape index (κ2) is 9.48. The Labute approximate surface area is 90.9 Å². The van der Waals surface area contributed by atoms with Gasteiger partial charge in [-0.3, -0.25) is 0 Å². The summed E-state index contributed by atoms with van der Waals surface area (Å²) in [4.78, 5) is 21.7. The molecule has 5 heteroatoms. The minimum atomic E-state index is -0.421. The zero-order chi connectivity index (χ0) is 11.5. The highest BCUT2D eigenvalue weighted by molar-refractivity contribution is 5.72. The topological polar surface area (TPSA) is 50.8 Å². The largest absolute Gasteiger partial charge is 0.370 e. The fourth-order valence-electron chi connectivity index (χ4n) is 0.710. The first kappa shape index (κ1) is 13.9. The molecule has 0 saturated carbocycles. The zero-order valence-corrected chi connectivity index (χ0v) is 9.66. The molecule has 2 amide bonds. The second-order valence-corrected chi connectivity index (χ2v) is 2.87. The maximum absolute atomic E-state index is 11.4. The number of rotatable bonds is 7. The molecule has 0 aliphatic heterocycles. The van der Waals surface area contributed by atoms with Crippen LogP contribution in [0.3, 0.4) is 0 Å². The fraction of sp³-hybridized carbons (Fsp3) is 0.700. The van der Waals surface area contributed by atoms with Crippen molar-refractivity contribution < 1.29 is 14.5 Å². The van der Waals surface area contributed by atoms with Crippen LogP contribution in [-0.2, 0) is 9.68 Å². The fourth-order valence-corrected chi connectivity index (χ4v) is 0.710. The standard InChI is InChI=1S/C10H20N2O3/c1-4-7-11-10(13)12(14-8-5-2)15-9-6-3/h4,7H,5-6,8-9H2,1-3H3,(H,11,13). The Balaban J connectivity index is 4.01. The molecule has 0 spiro atoms. The van der Waals surface area contributed by atoms with Crippen LogP contribution in [0.5, 0.6) is 0 Å². The van der Waals surface area contributed by atoms with Crippen molar-refractivity contribution in [3.8, 4) is 0 Å². The molecule has 0 fully saturated rings. The number of carbonyl (C=O) groups is 1. The molecule has 0 bridgehead atoms. The summed E-state index contributed by atoms with van der Waals surface area (Å²) in [5.74, 6) is 0. The number of hydrogen-bond donors (Lipinski definition) is 1. The summed E-state index contributed by atoms with van der Waals surface area (Å²) in [7, 11) is 0. The van der Waals surface area contributed by atoms with Gasteiger partial charge in [-0.05, 0) is 19.8 Å². The Morgan fingerprint density at radius 2 is 1.80 bits per heavy atom. The molecule has 15 heavy (non-hydrogen) atoms. The minimum Gasteiger partial charge on any atom is -0.311 e. The molecule has 0 aliphatic carbocycles. The van der Waals surface area contributed by atoms with Crippen LogP contribution < -0.4 is 5.32 Å². The highest BCUT2D eigenvalue weighted by atomic mass is 17.0. The molecule has 5 nitrogen and oxygen atoms in total. The average molecular weight is 216 g/mol. The van der Waals surface area contributed by atoms with Crippen LogP contribution >= 0.6 is 0 Å². The molecule has 0 saturated heterocycles. The van der Waals surface area contributed by atoms with Gasteiger partial charge in [-0.2, -0.15) is 0 Å². The van der Waals surface area contributed by atoms with Gasteiger partial charge in [0.25, 0.3) is 0 Å². The lowest BCUT2D eigenvalue weighted by Crippen LogP contribution is -2.38. The third kappa shape index (κ3) is 6.93. The Hall–Kier alpha value is -1.07. The van der Waals surface area contributed by atoms with Gasteiger partial charge in [0, 0.05) is 6.20 Å². The first-order chi connectivity index (χ1) is 7.26. The smallest absolute Gasteiger partial charge is 0.311 e. The molecular weight excluding hydrogens is 196 g/mol. The van der Waals surface area contributed by atoms with Gasteiger partial charge in [-0.15, -0.1) is 0 Å². The van der Waals surface area contributed by atoms with E-state index in [0.717, 1.165) is 18.1 Å². The van der Waals surface area contributed by atoms with Crippen LogP contribution in [0.15, 0.2) is 12.3 Å². The lowest BCUT2D eigenvalue weighted by atomic mass is 10.5. The van der Waals surface area contributed by atoms with Gasteiger partial charge in [0.15, 0.2) is 0 Å². The molecule has 0 aromatic carbocycles. The Morgan fingerprint density at radius 3 is 2.20 bits per heavy atom. The van der Waals surface area contributed by atoms with Crippen LogP contribution in [0.2, 0.25) is 0 Å². The average Bonchev–Trinajstić information content (AvgIpc) is 2.26. The Kier molecular flexibility index (Phi) is 8.81. The minimum absolute atomic E-state index is 0.421. The number of nitrogens with zero attached hydrogens (tertiary/aromatic N) is 1. The van der Waals surface area contributed by atoms with Crippen molar-refractivity contribution >= 4 is 6.03 Å². The highest BCUT2D eigenvalue weighted by Crippen LogP contribution is 1.96. The van der Waals surface area contributed by atoms with Gasteiger partial charge >= 0.3 is 6.03 Å². The summed E-state index contributed by atoms with van der Waals surface area (Å²) in [6.45, 7) is 6.63. The summed E-state index contributed by atoms with van der Waals surface area (Å²) in [6, 6.07) is -0.421. The summed E-state index contributed by atoms with van der Waals surface area (Å²) in [5, 5.41) is 3.40. The van der Waals surface area contributed by atoms with E-state index in [2.05, 4.69) is 5.32 Å². The highest BCUT2D eigenvalue weighted by Gasteiger charge is 2.13. The molecule has 1 N–H and O–H groups in total. The molecule has 0 aliphatic rings. The SMILES string of the molecule is CC=CNC(=O)N(OCCC)OCCC. The molecule has 0 aromatic rings. The predicted octanol–water partition coefficient (Wildman–Crippen LogP) is 2.21. The van der Waals surface area contributed by atoms with E-state index >= 15 is 0 Å². The quantitative estimate of drug-likeness (QED) is 0.664. The number of amides is 2. The normalized spacial score (nSPS) is 10.6. The number of urea groups is 1. The first-order valence-electron chi connectivity index (χ1n) is 5.23. The van der Waals surface area contributed by atoms with Crippen molar-refractivity contribution in [3.63, 3.8) is 0 Å². The van der Waals surface area contributed by atoms with E-state index in [1.54, 1.807) is 6.08 Å². The number of hydrogen-bond acceptors (Lipinski definition) is 3. The summed E-state index contributed by atoms with van der Waals surface area (Å²) < 4.78 is 0. The van der Waals surface area contributed by atoms with Crippen molar-refractivity contribution in [2.24, 2.45) is 0 Å². The van der Waals surface area contributed by atoms with Gasteiger partial charge < -0.3 is 5.32 Å². The molecule has 0 heterocycles. The van der Waals surface area contributed by atoms with Gasteiger partial charge in [0.1, 0.15) is 0 Å². The van der Waals surface area contributed by atoms with Gasteiger partial charge in [-0.1, -0.05) is 25.2 Å². The lowest BCUT2D eigenvalue weighted by molar-refractivity contribution is -0.326. The van der Waals surface area contributed by atoms with Crippen molar-refractivity contribution in [1.82, 2.24) is 10.5 Å². The molecule has 0 aromatic heterocycles. The van der Waals surface area contributed by atoms with Crippen LogP contribution in [0, 0.1) is 0 Å². The van der Waals surface area contributed by atoms with Gasteiger partial charge in [-0.25, -0.2) is 14.5 Å². The van der Waals surface area contributed by atoms with E-state index < -0.39 is 6.03 Å². The van der Waals surface area contributed by atoms with Crippen molar-refractivity contribution in [3.05, 3.63) is 12.3 Å². The van der Waals surface area contributed by atoms with Crippen molar-refractivity contribution in [1.29, 1.82) is 0 Å². The van der Waals surface area contributed by atoms with Crippen LogP contribution in [-0.4, -0.2) is 24.5 Å². The summed E-state index contributed by atoms with van der Waals surface area (Å²) in [6.07, 6.45) is 4.89. The van der Waals surface area contributed by atoms with Crippen LogP contribution in [0.1, 0.15) is 33.6 Å². The van der Waals surface area contributed by atoms with E-state index in [-0.39, 0.29) is 0 Å². The molecule has 88 valence electrons. The Bertz CT molecular complexity index is 187. The molecule has 0 radical (unpaired) electrons. The van der Waals surface area contributed by atoms with E-state index in [9.17, 15) is 4.79 Å². The monoisotopic (exact) mass is 216 g/mol. The molecule has 0 atom stereocenters. The Morgan fingerprint density at radius 1 is 1.27 bits per heavy atom. The summed E-state index contributed by atoms with van der Waals surface area (Å²) in [5.41, 5.74) is 0. The molecule has 0 rings (SSSR count). The number of carbonyl (C=O) groups excluding carboxylic acids is 1. The van der Waals surface area contributed by atoms with E-state index in [4.69, 9.17) is 9.68 Å². The van der Waals surface area contributed by atoms with E-state index in [1.807, 2.05) is 20.8 Å². The lowest BCUT2D eigenvalue weighted by Gasteiger charge is -2.19. The van der Waals surface area contributed by atoms with Crippen molar-refractivity contribution in [2.75, 3.05) is 13.2 Å². The van der Waals surface area contributed by atoms with Crippen molar-refractivity contribution in [2.45, 2.75) is 33.6 Å². The van der Waals surface area contributed by atoms with Gasteiger partial charge in [0.05, 0.1) is 13.2 Å². The number of nitrogens with one attached hydrogen (secondary N) is 1.